The standard InChI is InChI=1S/C23H32F3N3O2/c1-3-27(4-2)22(31)16-28-13-12-20-19(28)10-5-6-11-21(30)29(20)15-17-8-7-9-18(14-17)23(24,25)26/h7-9,14,19-20H,3-6,10-13,15-16H2,1-2H3/t19-,20+/m1/s1. The molecule has 2 aliphatic rings. The van der Waals surface area contributed by atoms with Gasteiger partial charge < -0.3 is 9.80 Å². The number of fused-ring (bicyclic) bond motifs is 1. The maximum absolute atomic E-state index is 13.1. The van der Waals surface area contributed by atoms with Crippen LogP contribution in [0.1, 0.15) is 57.1 Å². The Morgan fingerprint density at radius 2 is 1.87 bits per heavy atom. The molecule has 1 aromatic carbocycles. The van der Waals surface area contributed by atoms with Gasteiger partial charge in [0.15, 0.2) is 0 Å². The van der Waals surface area contributed by atoms with Gasteiger partial charge in [-0.2, -0.15) is 13.2 Å². The lowest BCUT2D eigenvalue weighted by Gasteiger charge is -2.38. The number of rotatable bonds is 6. The predicted molar refractivity (Wildman–Crippen MR) is 112 cm³/mol. The van der Waals surface area contributed by atoms with Crippen molar-refractivity contribution in [3.8, 4) is 0 Å². The Hall–Kier alpha value is -2.09. The fourth-order valence-electron chi connectivity index (χ4n) is 4.89. The molecule has 8 heteroatoms. The molecular weight excluding hydrogens is 407 g/mol. The molecule has 2 aliphatic heterocycles. The molecule has 0 radical (unpaired) electrons. The van der Waals surface area contributed by atoms with Crippen molar-refractivity contribution in [3.63, 3.8) is 0 Å². The van der Waals surface area contributed by atoms with Crippen LogP contribution in [0.4, 0.5) is 13.2 Å². The number of halogens is 3. The third-order valence-corrected chi connectivity index (χ3v) is 6.55. The maximum atomic E-state index is 13.1. The average Bonchev–Trinajstić information content (AvgIpc) is 3.10. The second-order valence-electron chi connectivity index (χ2n) is 8.43. The van der Waals surface area contributed by atoms with Crippen LogP contribution in [0.15, 0.2) is 24.3 Å². The van der Waals surface area contributed by atoms with E-state index in [0.29, 0.717) is 38.2 Å². The molecule has 2 amide bonds. The van der Waals surface area contributed by atoms with Crippen LogP contribution in [0.2, 0.25) is 0 Å². The van der Waals surface area contributed by atoms with Gasteiger partial charge in [-0.1, -0.05) is 18.6 Å². The zero-order valence-electron chi connectivity index (χ0n) is 18.3. The van der Waals surface area contributed by atoms with Gasteiger partial charge in [0.25, 0.3) is 0 Å². The third kappa shape index (κ3) is 5.59. The molecule has 0 bridgehead atoms. The second-order valence-corrected chi connectivity index (χ2v) is 8.43. The number of alkyl halides is 3. The zero-order valence-corrected chi connectivity index (χ0v) is 18.3. The average molecular weight is 440 g/mol. The normalized spacial score (nSPS) is 22.7. The largest absolute Gasteiger partial charge is 0.416 e. The Balaban J connectivity index is 1.79. The summed E-state index contributed by atoms with van der Waals surface area (Å²) in [7, 11) is 0. The number of amides is 2. The molecular formula is C23H32F3N3O2. The Labute approximate surface area is 182 Å². The highest BCUT2D eigenvalue weighted by atomic mass is 19.4. The molecule has 172 valence electrons. The summed E-state index contributed by atoms with van der Waals surface area (Å²) in [5.74, 6) is 0.0764. The SMILES string of the molecule is CCN(CC)C(=O)CN1CC[C@H]2[C@H]1CCCCC(=O)N2Cc1cccc(C(F)(F)F)c1. The highest BCUT2D eigenvalue weighted by Crippen LogP contribution is 2.33. The number of likely N-dealkylation sites (N-methyl/N-ethyl adjacent to an activating group) is 1. The van der Waals surface area contributed by atoms with Crippen molar-refractivity contribution >= 4 is 11.8 Å². The summed E-state index contributed by atoms with van der Waals surface area (Å²) in [6.07, 6.45) is -0.683. The molecule has 2 atom stereocenters. The van der Waals surface area contributed by atoms with Gasteiger partial charge in [0.1, 0.15) is 0 Å². The first-order chi connectivity index (χ1) is 14.7. The van der Waals surface area contributed by atoms with E-state index in [1.807, 2.05) is 18.7 Å². The monoisotopic (exact) mass is 439 g/mol. The number of carbonyl (C=O) groups excluding carboxylic acids is 2. The minimum Gasteiger partial charge on any atom is -0.342 e. The molecule has 0 spiro atoms. The topological polar surface area (TPSA) is 43.9 Å². The molecule has 3 rings (SSSR count). The van der Waals surface area contributed by atoms with Gasteiger partial charge in [0, 0.05) is 44.7 Å². The van der Waals surface area contributed by atoms with E-state index >= 15 is 0 Å². The maximum Gasteiger partial charge on any atom is 0.416 e. The first-order valence-electron chi connectivity index (χ1n) is 11.2. The van der Waals surface area contributed by atoms with E-state index in [1.165, 1.54) is 6.07 Å². The second kappa shape index (κ2) is 10.0. The Morgan fingerprint density at radius 1 is 1.13 bits per heavy atom. The molecule has 0 unspecified atom stereocenters. The van der Waals surface area contributed by atoms with Gasteiger partial charge in [-0.25, -0.2) is 0 Å². The Kier molecular flexibility index (Phi) is 7.62. The number of benzene rings is 1. The number of hydrogen-bond donors (Lipinski definition) is 0. The van der Waals surface area contributed by atoms with Crippen LogP contribution in [0, 0.1) is 0 Å². The summed E-state index contributed by atoms with van der Waals surface area (Å²) in [5, 5.41) is 0. The van der Waals surface area contributed by atoms with E-state index < -0.39 is 11.7 Å². The van der Waals surface area contributed by atoms with Crippen LogP contribution in [-0.4, -0.2) is 64.8 Å². The number of hydrogen-bond acceptors (Lipinski definition) is 3. The summed E-state index contributed by atoms with van der Waals surface area (Å²) >= 11 is 0. The fourth-order valence-corrected chi connectivity index (χ4v) is 4.89. The molecule has 0 aliphatic carbocycles. The molecule has 2 saturated heterocycles. The van der Waals surface area contributed by atoms with Gasteiger partial charge in [-0.3, -0.25) is 14.5 Å². The molecule has 31 heavy (non-hydrogen) atoms. The molecule has 0 saturated carbocycles. The minimum absolute atomic E-state index is 0.0102. The van der Waals surface area contributed by atoms with Crippen LogP contribution in [0.25, 0.3) is 0 Å². The Bertz CT molecular complexity index is 780. The van der Waals surface area contributed by atoms with E-state index in [4.69, 9.17) is 0 Å². The molecule has 2 heterocycles. The van der Waals surface area contributed by atoms with Crippen LogP contribution in [-0.2, 0) is 22.3 Å². The molecule has 2 fully saturated rings. The zero-order chi connectivity index (χ0) is 22.6. The Morgan fingerprint density at radius 3 is 2.55 bits per heavy atom. The van der Waals surface area contributed by atoms with Crippen molar-refractivity contribution in [1.29, 1.82) is 0 Å². The van der Waals surface area contributed by atoms with Crippen LogP contribution >= 0.6 is 0 Å². The summed E-state index contributed by atoms with van der Waals surface area (Å²) in [6, 6.07) is 5.22. The summed E-state index contributed by atoms with van der Waals surface area (Å²) in [4.78, 5) is 31.3. The smallest absolute Gasteiger partial charge is 0.342 e. The quantitative estimate of drug-likeness (QED) is 0.675. The van der Waals surface area contributed by atoms with E-state index in [-0.39, 0.29) is 30.4 Å². The van der Waals surface area contributed by atoms with Crippen LogP contribution < -0.4 is 0 Å². The third-order valence-electron chi connectivity index (χ3n) is 6.55. The summed E-state index contributed by atoms with van der Waals surface area (Å²) in [6.45, 7) is 6.46. The highest BCUT2D eigenvalue weighted by Gasteiger charge is 2.41. The van der Waals surface area contributed by atoms with Gasteiger partial charge in [0.2, 0.25) is 11.8 Å². The van der Waals surface area contributed by atoms with E-state index in [2.05, 4.69) is 4.90 Å². The first-order valence-corrected chi connectivity index (χ1v) is 11.2. The van der Waals surface area contributed by atoms with Gasteiger partial charge in [-0.05, 0) is 50.8 Å². The van der Waals surface area contributed by atoms with E-state index in [1.54, 1.807) is 11.0 Å². The minimum atomic E-state index is -4.41. The van der Waals surface area contributed by atoms with Gasteiger partial charge in [-0.15, -0.1) is 0 Å². The van der Waals surface area contributed by atoms with Crippen molar-refractivity contribution in [2.75, 3.05) is 26.2 Å². The van der Waals surface area contributed by atoms with Crippen molar-refractivity contribution in [1.82, 2.24) is 14.7 Å². The predicted octanol–water partition coefficient (Wildman–Crippen LogP) is 3.92. The van der Waals surface area contributed by atoms with Gasteiger partial charge >= 0.3 is 6.18 Å². The van der Waals surface area contributed by atoms with Gasteiger partial charge in [0.05, 0.1) is 12.1 Å². The van der Waals surface area contributed by atoms with E-state index in [9.17, 15) is 22.8 Å². The lowest BCUT2D eigenvalue weighted by molar-refractivity contribution is -0.137. The molecule has 1 aromatic rings. The number of nitrogens with zero attached hydrogens (tertiary/aromatic N) is 3. The highest BCUT2D eigenvalue weighted by molar-refractivity contribution is 5.78. The van der Waals surface area contributed by atoms with Crippen molar-refractivity contribution in [3.05, 3.63) is 35.4 Å². The van der Waals surface area contributed by atoms with Crippen LogP contribution in [0.3, 0.4) is 0 Å². The van der Waals surface area contributed by atoms with E-state index in [0.717, 1.165) is 37.8 Å². The molecule has 0 N–H and O–H groups in total. The summed E-state index contributed by atoms with van der Waals surface area (Å²) < 4.78 is 39.4. The molecule has 5 nitrogen and oxygen atoms in total. The fraction of sp³-hybridized carbons (Fsp3) is 0.652. The summed E-state index contributed by atoms with van der Waals surface area (Å²) in [5.41, 5.74) is -0.209. The molecule has 0 aromatic heterocycles. The van der Waals surface area contributed by atoms with Crippen molar-refractivity contribution < 1.29 is 22.8 Å². The van der Waals surface area contributed by atoms with Crippen molar-refractivity contribution in [2.24, 2.45) is 0 Å². The van der Waals surface area contributed by atoms with Crippen molar-refractivity contribution in [2.45, 2.75) is 70.8 Å². The lowest BCUT2D eigenvalue weighted by atomic mass is 9.96. The first kappa shape index (κ1) is 23.6. The number of carbonyl (C=O) groups is 2. The number of likely N-dealkylation sites (tertiary alicyclic amines) is 2. The lowest BCUT2D eigenvalue weighted by Crippen LogP contribution is -2.50. The van der Waals surface area contributed by atoms with Crippen LogP contribution in [0.5, 0.6) is 0 Å².